The molecule has 0 aliphatic carbocycles. The molecule has 0 unspecified atom stereocenters. The van der Waals surface area contributed by atoms with Crippen LogP contribution in [0.5, 0.6) is 0 Å². The largest absolute Gasteiger partial charge is 0.436 e. The van der Waals surface area contributed by atoms with Gasteiger partial charge in [-0.25, -0.2) is 13.4 Å². The lowest BCUT2D eigenvalue weighted by Crippen LogP contribution is -2.48. The number of nitrogens with one attached hydrogen (secondary N) is 1. The molecule has 1 amide bonds. The van der Waals surface area contributed by atoms with Crippen LogP contribution in [0, 0.1) is 0 Å². The van der Waals surface area contributed by atoms with Crippen LogP contribution in [-0.2, 0) is 14.8 Å². The van der Waals surface area contributed by atoms with E-state index in [9.17, 15) is 13.2 Å². The third kappa shape index (κ3) is 4.84. The van der Waals surface area contributed by atoms with E-state index in [-0.39, 0.29) is 23.0 Å². The first-order chi connectivity index (χ1) is 16.8. The average molecular weight is 492 g/mol. The number of nitrogens with zero attached hydrogens (tertiary/aromatic N) is 2. The molecular weight excluding hydrogens is 466 g/mol. The molecule has 1 N–H and O–H groups in total. The number of anilines is 1. The van der Waals surface area contributed by atoms with Crippen molar-refractivity contribution in [2.45, 2.75) is 31.0 Å². The number of sulfonamides is 1. The van der Waals surface area contributed by atoms with Crippen LogP contribution in [0.4, 0.5) is 5.69 Å². The molecule has 2 heterocycles. The number of amides is 1. The topological polar surface area (TPSA) is 102 Å². The highest BCUT2D eigenvalue weighted by Crippen LogP contribution is 2.26. The zero-order valence-corrected chi connectivity index (χ0v) is 20.2. The van der Waals surface area contributed by atoms with Gasteiger partial charge in [0.15, 0.2) is 5.58 Å². The molecule has 1 fully saturated rings. The highest BCUT2D eigenvalue weighted by Gasteiger charge is 2.32. The monoisotopic (exact) mass is 491 g/mol. The van der Waals surface area contributed by atoms with E-state index in [2.05, 4.69) is 10.3 Å². The molecule has 1 aliphatic heterocycles. The summed E-state index contributed by atoms with van der Waals surface area (Å²) in [6, 6.07) is 20.7. The highest BCUT2D eigenvalue weighted by molar-refractivity contribution is 7.89. The minimum absolute atomic E-state index is 0.151. The van der Waals surface area contributed by atoms with Gasteiger partial charge in [-0.15, -0.1) is 0 Å². The number of carbonyl (C=O) groups excluding carboxylic acids is 1. The molecule has 35 heavy (non-hydrogen) atoms. The lowest BCUT2D eigenvalue weighted by Gasteiger charge is -2.34. The summed E-state index contributed by atoms with van der Waals surface area (Å²) in [5, 5.41) is 2.83. The molecule has 9 heteroatoms. The molecule has 4 aromatic rings. The van der Waals surface area contributed by atoms with Gasteiger partial charge in [-0.2, -0.15) is 4.31 Å². The van der Waals surface area contributed by atoms with Gasteiger partial charge in [-0.1, -0.05) is 12.1 Å². The SMILES string of the molecule is C[C@@H]1CN(S(=O)(=O)c2ccc(C(=O)Nc3ccc(-c4nc5ccccc5o4)cc3)cc2)C[C@H](C)O1. The summed E-state index contributed by atoms with van der Waals surface area (Å²) in [4.78, 5) is 17.3. The van der Waals surface area contributed by atoms with Crippen LogP contribution in [0.15, 0.2) is 82.1 Å². The van der Waals surface area contributed by atoms with E-state index in [4.69, 9.17) is 9.15 Å². The number of ether oxygens (including phenoxy) is 1. The van der Waals surface area contributed by atoms with Crippen LogP contribution in [0.25, 0.3) is 22.6 Å². The predicted octanol–water partition coefficient (Wildman–Crippen LogP) is 4.55. The third-order valence-corrected chi connectivity index (χ3v) is 7.67. The van der Waals surface area contributed by atoms with Gasteiger partial charge >= 0.3 is 0 Å². The number of oxazole rings is 1. The van der Waals surface area contributed by atoms with E-state index < -0.39 is 10.0 Å². The zero-order valence-electron chi connectivity index (χ0n) is 19.3. The number of carbonyl (C=O) groups is 1. The van der Waals surface area contributed by atoms with E-state index in [1.807, 2.05) is 50.2 Å². The van der Waals surface area contributed by atoms with Crippen molar-refractivity contribution in [2.24, 2.45) is 0 Å². The van der Waals surface area contributed by atoms with Crippen LogP contribution in [0.1, 0.15) is 24.2 Å². The van der Waals surface area contributed by atoms with Gasteiger partial charge in [0.1, 0.15) is 5.52 Å². The second kappa shape index (κ2) is 9.26. The van der Waals surface area contributed by atoms with Crippen LogP contribution in [0.3, 0.4) is 0 Å². The molecule has 5 rings (SSSR count). The second-order valence-corrected chi connectivity index (χ2v) is 10.6. The third-order valence-electron chi connectivity index (χ3n) is 5.82. The Hall–Kier alpha value is -3.53. The van der Waals surface area contributed by atoms with Gasteiger partial charge in [0.25, 0.3) is 5.91 Å². The van der Waals surface area contributed by atoms with Crippen molar-refractivity contribution in [3.8, 4) is 11.5 Å². The molecule has 1 saturated heterocycles. The maximum Gasteiger partial charge on any atom is 0.255 e. The molecule has 0 saturated carbocycles. The van der Waals surface area contributed by atoms with Gasteiger partial charge < -0.3 is 14.5 Å². The van der Waals surface area contributed by atoms with Gasteiger partial charge in [0.2, 0.25) is 15.9 Å². The molecule has 1 aromatic heterocycles. The Morgan fingerprint density at radius 2 is 1.60 bits per heavy atom. The first-order valence-corrected chi connectivity index (χ1v) is 12.8. The lowest BCUT2D eigenvalue weighted by atomic mass is 10.2. The Kier molecular flexibility index (Phi) is 6.14. The summed E-state index contributed by atoms with van der Waals surface area (Å²) in [6.07, 6.45) is -0.347. The Bertz CT molecular complexity index is 1420. The molecular formula is C26H25N3O5S. The molecule has 0 radical (unpaired) electrons. The molecule has 180 valence electrons. The number of aromatic nitrogens is 1. The van der Waals surface area contributed by atoms with Crippen molar-refractivity contribution in [2.75, 3.05) is 18.4 Å². The van der Waals surface area contributed by atoms with E-state index in [0.29, 0.717) is 35.8 Å². The first kappa shape index (κ1) is 23.2. The highest BCUT2D eigenvalue weighted by atomic mass is 32.2. The maximum atomic E-state index is 13.0. The smallest absolute Gasteiger partial charge is 0.255 e. The number of morpholine rings is 1. The number of fused-ring (bicyclic) bond motifs is 1. The standard InChI is InChI=1S/C26H25N3O5S/c1-17-15-29(16-18(2)33-17)35(31,32)22-13-9-19(10-14-22)25(30)27-21-11-7-20(8-12-21)26-28-23-5-3-4-6-24(23)34-26/h3-14,17-18H,15-16H2,1-2H3,(H,27,30)/t17-,18+. The Labute approximate surface area is 203 Å². The van der Waals surface area contributed by atoms with Crippen molar-refractivity contribution >= 4 is 32.7 Å². The number of para-hydroxylation sites is 2. The van der Waals surface area contributed by atoms with Crippen molar-refractivity contribution in [3.05, 3.63) is 78.4 Å². The van der Waals surface area contributed by atoms with E-state index >= 15 is 0 Å². The molecule has 1 aliphatic rings. The summed E-state index contributed by atoms with van der Waals surface area (Å²) in [5.74, 6) is 0.169. The number of hydrogen-bond acceptors (Lipinski definition) is 6. The number of hydrogen-bond donors (Lipinski definition) is 1. The maximum absolute atomic E-state index is 13.0. The quantitative estimate of drug-likeness (QED) is 0.440. The van der Waals surface area contributed by atoms with Crippen molar-refractivity contribution in [1.29, 1.82) is 0 Å². The Balaban J connectivity index is 1.27. The molecule has 2 atom stereocenters. The molecule has 0 spiro atoms. The predicted molar refractivity (Wildman–Crippen MR) is 133 cm³/mol. The summed E-state index contributed by atoms with van der Waals surface area (Å²) in [7, 11) is -3.66. The van der Waals surface area contributed by atoms with Gasteiger partial charge in [-0.3, -0.25) is 4.79 Å². The van der Waals surface area contributed by atoms with Crippen LogP contribution in [0.2, 0.25) is 0 Å². The molecule has 0 bridgehead atoms. The van der Waals surface area contributed by atoms with Crippen LogP contribution >= 0.6 is 0 Å². The molecule has 3 aromatic carbocycles. The van der Waals surface area contributed by atoms with Gasteiger partial charge in [-0.05, 0) is 74.5 Å². The Morgan fingerprint density at radius 1 is 0.943 bits per heavy atom. The summed E-state index contributed by atoms with van der Waals surface area (Å²) >= 11 is 0. The summed E-state index contributed by atoms with van der Waals surface area (Å²) < 4.78 is 38.9. The molecule has 8 nitrogen and oxygen atoms in total. The lowest BCUT2D eigenvalue weighted by molar-refractivity contribution is -0.0440. The van der Waals surface area contributed by atoms with Crippen molar-refractivity contribution < 1.29 is 22.4 Å². The van der Waals surface area contributed by atoms with Crippen LogP contribution in [-0.4, -0.2) is 48.9 Å². The van der Waals surface area contributed by atoms with E-state index in [1.165, 1.54) is 28.6 Å². The fourth-order valence-electron chi connectivity index (χ4n) is 4.15. The van der Waals surface area contributed by atoms with E-state index in [1.54, 1.807) is 12.1 Å². The minimum atomic E-state index is -3.66. The fraction of sp³-hybridized carbons (Fsp3) is 0.231. The van der Waals surface area contributed by atoms with E-state index in [0.717, 1.165) is 11.1 Å². The summed E-state index contributed by atoms with van der Waals surface area (Å²) in [5.41, 5.74) is 3.24. The fourth-order valence-corrected chi connectivity index (χ4v) is 5.74. The minimum Gasteiger partial charge on any atom is -0.436 e. The van der Waals surface area contributed by atoms with Gasteiger partial charge in [0.05, 0.1) is 17.1 Å². The van der Waals surface area contributed by atoms with Gasteiger partial charge in [0, 0.05) is 29.9 Å². The number of rotatable bonds is 5. The summed E-state index contributed by atoms with van der Waals surface area (Å²) in [6.45, 7) is 4.31. The van der Waals surface area contributed by atoms with Crippen LogP contribution < -0.4 is 5.32 Å². The first-order valence-electron chi connectivity index (χ1n) is 11.3. The second-order valence-electron chi connectivity index (χ2n) is 8.62. The van der Waals surface area contributed by atoms with Crippen molar-refractivity contribution in [1.82, 2.24) is 9.29 Å². The normalized spacial score (nSPS) is 19.0. The zero-order chi connectivity index (χ0) is 24.6. The Morgan fingerprint density at radius 3 is 2.26 bits per heavy atom. The van der Waals surface area contributed by atoms with Crippen molar-refractivity contribution in [3.63, 3.8) is 0 Å². The number of benzene rings is 3. The average Bonchev–Trinajstić information content (AvgIpc) is 3.28.